The molecule has 71 heavy (non-hydrogen) atoms. The molecule has 6 atom stereocenters. The summed E-state index contributed by atoms with van der Waals surface area (Å²) in [4.78, 5) is 44.7. The molecule has 2 saturated heterocycles. The summed E-state index contributed by atoms with van der Waals surface area (Å²) in [6.45, 7) is 9.48. The quantitative estimate of drug-likeness (QED) is 0.0382. The second kappa shape index (κ2) is 23.7. The Morgan fingerprint density at radius 1 is 0.775 bits per heavy atom. The maximum atomic E-state index is 16.2. The zero-order valence-corrected chi connectivity index (χ0v) is 42.9. The first-order chi connectivity index (χ1) is 34.2. The van der Waals surface area contributed by atoms with Gasteiger partial charge in [-0.2, -0.15) is 0 Å². The highest BCUT2D eigenvalue weighted by Gasteiger charge is 2.54. The molecule has 17 nitrogen and oxygen atoms in total. The fraction of sp³-hybridized carbons (Fsp3) is 0.453. The Labute approximate surface area is 415 Å². The van der Waals surface area contributed by atoms with Gasteiger partial charge in [0.05, 0.1) is 53.8 Å². The van der Waals surface area contributed by atoms with Crippen molar-refractivity contribution in [1.82, 2.24) is 19.1 Å². The molecule has 2 fully saturated rings. The molecular weight excluding hydrogens is 932 g/mol. The Hall–Kier alpha value is -5.62. The fourth-order valence-corrected chi connectivity index (χ4v) is 11.9. The molecule has 2 aliphatic rings. The molecular formula is C53H67N4O13P. The lowest BCUT2D eigenvalue weighted by molar-refractivity contribution is -0.0993. The van der Waals surface area contributed by atoms with Crippen LogP contribution in [0.15, 0.2) is 119 Å². The molecule has 7 rings (SSSR count). The third kappa shape index (κ3) is 11.7. The van der Waals surface area contributed by atoms with Crippen molar-refractivity contribution < 1.29 is 51.6 Å². The van der Waals surface area contributed by atoms with Crippen molar-refractivity contribution in [3.05, 3.63) is 158 Å². The number of methoxy groups -OCH3 is 4. The van der Waals surface area contributed by atoms with Crippen LogP contribution in [0.1, 0.15) is 79.4 Å². The van der Waals surface area contributed by atoms with Gasteiger partial charge in [-0.1, -0.05) is 54.6 Å². The van der Waals surface area contributed by atoms with E-state index in [2.05, 4.69) is 4.98 Å². The number of hydrogen-bond donors (Lipinski definition) is 1. The number of nitrogens with zero attached hydrogens (tertiary/aromatic N) is 3. The summed E-state index contributed by atoms with van der Waals surface area (Å²) in [6, 6.07) is 30.6. The molecule has 0 radical (unpaired) electrons. The Morgan fingerprint density at radius 2 is 1.34 bits per heavy atom. The number of aromatic nitrogens is 2. The summed E-state index contributed by atoms with van der Waals surface area (Å²) in [5.74, 6) is 1.72. The zero-order chi connectivity index (χ0) is 50.9. The molecule has 18 heteroatoms. The first-order valence-corrected chi connectivity index (χ1v) is 25.4. The Balaban J connectivity index is 1.34. The first-order valence-electron chi connectivity index (χ1n) is 23.9. The number of H-pyrrole nitrogens is 1. The lowest BCUT2D eigenvalue weighted by Gasteiger charge is -2.40. The maximum Gasteiger partial charge on any atom is 0.409 e. The second-order valence-electron chi connectivity index (χ2n) is 18.1. The van der Waals surface area contributed by atoms with Gasteiger partial charge in [-0.25, -0.2) is 14.0 Å². The van der Waals surface area contributed by atoms with Crippen LogP contribution in [0.4, 0.5) is 0 Å². The van der Waals surface area contributed by atoms with Gasteiger partial charge >= 0.3 is 13.4 Å². The number of amides is 1. The standard InChI is InChI=1S/C53H67N4O13P/c1-35(2)57(36(3)4)71(61,68-33-42-16-13-29-55(42)50(59)38-17-23-43(63-7)24-18-38)70-47-46(69-51(48(47)66-31-30-62-6)56-32-37(5)49(58)54-52(56)60)34-67-53(39-14-11-10-12-15-39,40-19-25-44(64-8)26-20-40)41-21-27-45(65-9)28-22-41/h10-12,14-15,17-28,32,35-36,42,46-48,51H,13,16,29-31,33-34H2,1-9H3,(H,54,58,60)/t42-,46+,47+,48+,51+,71?/m0/s1. The fourth-order valence-electron chi connectivity index (χ4n) is 9.52. The van der Waals surface area contributed by atoms with Crippen molar-refractivity contribution in [3.63, 3.8) is 0 Å². The largest absolute Gasteiger partial charge is 0.497 e. The lowest BCUT2D eigenvalue weighted by Crippen LogP contribution is -2.45. The van der Waals surface area contributed by atoms with Gasteiger partial charge in [0, 0.05) is 43.1 Å². The van der Waals surface area contributed by atoms with Gasteiger partial charge in [0.1, 0.15) is 41.2 Å². The van der Waals surface area contributed by atoms with E-state index in [1.165, 1.54) is 17.9 Å². The van der Waals surface area contributed by atoms with E-state index in [-0.39, 0.29) is 50.0 Å². The van der Waals surface area contributed by atoms with Crippen LogP contribution in [0, 0.1) is 6.92 Å². The van der Waals surface area contributed by atoms with Gasteiger partial charge in [0.2, 0.25) is 0 Å². The number of aromatic amines is 1. The number of benzene rings is 4. The van der Waals surface area contributed by atoms with Crippen LogP contribution in [0.5, 0.6) is 17.2 Å². The number of ether oxygens (including phenoxy) is 7. The van der Waals surface area contributed by atoms with E-state index in [4.69, 9.17) is 42.2 Å². The highest BCUT2D eigenvalue weighted by molar-refractivity contribution is 7.51. The van der Waals surface area contributed by atoms with Crippen LogP contribution in [0.25, 0.3) is 0 Å². The van der Waals surface area contributed by atoms with E-state index < -0.39 is 55.2 Å². The molecule has 0 aliphatic carbocycles. The summed E-state index contributed by atoms with van der Waals surface area (Å²) < 4.78 is 75.6. The molecule has 5 aromatic rings. The Morgan fingerprint density at radius 3 is 1.89 bits per heavy atom. The molecule has 382 valence electrons. The van der Waals surface area contributed by atoms with Gasteiger partial charge in [-0.3, -0.25) is 28.2 Å². The molecule has 1 N–H and O–H groups in total. The van der Waals surface area contributed by atoms with Crippen LogP contribution < -0.4 is 25.5 Å². The summed E-state index contributed by atoms with van der Waals surface area (Å²) in [5, 5.41) is 0. The average Bonchev–Trinajstić information content (AvgIpc) is 3.99. The maximum absolute atomic E-state index is 16.2. The summed E-state index contributed by atoms with van der Waals surface area (Å²) in [7, 11) is 1.86. The minimum Gasteiger partial charge on any atom is -0.497 e. The number of nitrogens with one attached hydrogen (secondary N) is 1. The molecule has 1 amide bonds. The van der Waals surface area contributed by atoms with Crippen molar-refractivity contribution >= 4 is 13.7 Å². The highest BCUT2D eigenvalue weighted by Crippen LogP contribution is 2.58. The number of hydrogen-bond acceptors (Lipinski definition) is 13. The lowest BCUT2D eigenvalue weighted by atomic mass is 9.80. The van der Waals surface area contributed by atoms with Crippen LogP contribution in [-0.2, 0) is 38.2 Å². The van der Waals surface area contributed by atoms with Gasteiger partial charge in [0.25, 0.3) is 11.5 Å². The van der Waals surface area contributed by atoms with Gasteiger partial charge in [-0.15, -0.1) is 0 Å². The normalized spacial score (nSPS) is 20.2. The summed E-state index contributed by atoms with van der Waals surface area (Å²) in [5.41, 5.74) is 0.345. The third-order valence-corrected chi connectivity index (χ3v) is 15.4. The summed E-state index contributed by atoms with van der Waals surface area (Å²) >= 11 is 0. The van der Waals surface area contributed by atoms with E-state index in [1.807, 2.05) is 107 Å². The minimum absolute atomic E-state index is 0.0188. The first kappa shape index (κ1) is 53.2. The number of carbonyl (C=O) groups is 1. The number of carbonyl (C=O) groups excluding carboxylic acids is 1. The monoisotopic (exact) mass is 998 g/mol. The van der Waals surface area contributed by atoms with Crippen LogP contribution in [-0.4, -0.2) is 123 Å². The van der Waals surface area contributed by atoms with Crippen molar-refractivity contribution in [3.8, 4) is 17.2 Å². The molecule has 3 heterocycles. The van der Waals surface area contributed by atoms with E-state index in [0.717, 1.165) is 16.7 Å². The van der Waals surface area contributed by atoms with Gasteiger partial charge in [-0.05, 0) is 113 Å². The predicted molar refractivity (Wildman–Crippen MR) is 267 cm³/mol. The molecule has 0 spiro atoms. The minimum atomic E-state index is -4.44. The highest BCUT2D eigenvalue weighted by atomic mass is 31.2. The predicted octanol–water partition coefficient (Wildman–Crippen LogP) is 7.74. The van der Waals surface area contributed by atoms with Crippen molar-refractivity contribution in [2.45, 2.75) is 95.7 Å². The molecule has 2 aliphatic heterocycles. The van der Waals surface area contributed by atoms with E-state index in [0.29, 0.717) is 42.2 Å². The van der Waals surface area contributed by atoms with Gasteiger partial charge in [0.15, 0.2) is 6.23 Å². The Bertz CT molecular complexity index is 2620. The SMILES string of the molecule is COCCO[C@@H]1[C@H](OP(=O)(OC[C@@H]2CCCN2C(=O)c2ccc(OC)cc2)N(C(C)C)C(C)C)[C@@H](COC(c2ccccc2)(c2ccc(OC)cc2)c2ccc(OC)cc2)O[C@H]1n1cc(C)c(=O)[nH]c1=O. The van der Waals surface area contributed by atoms with E-state index >= 15 is 4.57 Å². The van der Waals surface area contributed by atoms with Crippen LogP contribution in [0.2, 0.25) is 0 Å². The van der Waals surface area contributed by atoms with Crippen molar-refractivity contribution in [1.29, 1.82) is 0 Å². The van der Waals surface area contributed by atoms with Crippen molar-refractivity contribution in [2.24, 2.45) is 0 Å². The molecule has 1 aromatic heterocycles. The van der Waals surface area contributed by atoms with E-state index in [9.17, 15) is 14.4 Å². The van der Waals surface area contributed by atoms with Gasteiger partial charge < -0.3 is 38.1 Å². The molecule has 0 bridgehead atoms. The number of aryl methyl sites for hydroxylation is 1. The van der Waals surface area contributed by atoms with Crippen molar-refractivity contribution in [2.75, 3.05) is 61.4 Å². The Kier molecular flexibility index (Phi) is 17.8. The van der Waals surface area contributed by atoms with Crippen LogP contribution >= 0.6 is 7.75 Å². The molecule has 0 saturated carbocycles. The zero-order valence-electron chi connectivity index (χ0n) is 42.0. The topological polar surface area (TPSA) is 179 Å². The molecule has 1 unspecified atom stereocenters. The summed E-state index contributed by atoms with van der Waals surface area (Å²) in [6.07, 6.45) is -2.06. The average molecular weight is 999 g/mol. The molecule has 4 aromatic carbocycles. The smallest absolute Gasteiger partial charge is 0.409 e. The third-order valence-electron chi connectivity index (χ3n) is 12.9. The number of likely N-dealkylation sites (tertiary alicyclic amines) is 1. The second-order valence-corrected chi connectivity index (χ2v) is 20.0. The number of rotatable bonds is 23. The van der Waals surface area contributed by atoms with Crippen LogP contribution in [0.3, 0.4) is 0 Å². The van der Waals surface area contributed by atoms with E-state index in [1.54, 1.807) is 62.1 Å².